The number of hydrogen-bond acceptors (Lipinski definition) is 5. The Bertz CT molecular complexity index is 754. The van der Waals surface area contributed by atoms with Gasteiger partial charge in [-0.1, -0.05) is 30.7 Å². The lowest BCUT2D eigenvalue weighted by Crippen LogP contribution is -2.29. The number of hydrogen-bond donors (Lipinski definition) is 3. The molecule has 114 valence electrons. The molecule has 2 aromatic rings. The second kappa shape index (κ2) is 5.10. The highest BCUT2D eigenvalue weighted by Gasteiger charge is 2.39. The molecule has 0 unspecified atom stereocenters. The predicted molar refractivity (Wildman–Crippen MR) is 79.8 cm³/mol. The Morgan fingerprint density at radius 2 is 1.73 bits per heavy atom. The molecule has 22 heavy (non-hydrogen) atoms. The second-order valence-electron chi connectivity index (χ2n) is 5.22. The Morgan fingerprint density at radius 3 is 2.36 bits per heavy atom. The van der Waals surface area contributed by atoms with Gasteiger partial charge in [-0.25, -0.2) is 0 Å². The first-order chi connectivity index (χ1) is 10.4. The van der Waals surface area contributed by atoms with Crippen LogP contribution in [-0.2, 0) is 0 Å². The monoisotopic (exact) mass is 320 g/mol. The van der Waals surface area contributed by atoms with Gasteiger partial charge in [-0.3, -0.25) is 4.79 Å². The van der Waals surface area contributed by atoms with Gasteiger partial charge in [0.2, 0.25) is 0 Å². The summed E-state index contributed by atoms with van der Waals surface area (Å²) in [7, 11) is 0. The minimum atomic E-state index is -0.626. The number of carbonyl (C=O) groups excluding carboxylic acids is 1. The first kappa shape index (κ1) is 14.5. The number of halogens is 1. The van der Waals surface area contributed by atoms with E-state index in [4.69, 9.17) is 16.3 Å². The molecule has 0 amide bonds. The van der Waals surface area contributed by atoms with Crippen molar-refractivity contribution in [1.82, 2.24) is 0 Å². The zero-order valence-electron chi connectivity index (χ0n) is 11.6. The number of Topliss-reactive ketones (excluding diaryl/α,β-unsaturated/α-hetero) is 1. The first-order valence-electron chi connectivity index (χ1n) is 6.64. The smallest absolute Gasteiger partial charge is 0.177 e. The van der Waals surface area contributed by atoms with Gasteiger partial charge in [-0.2, -0.15) is 0 Å². The quantitative estimate of drug-likeness (QED) is 0.749. The molecule has 0 radical (unpaired) electrons. The summed E-state index contributed by atoms with van der Waals surface area (Å²) >= 11 is 6.00. The maximum atomic E-state index is 12.5. The van der Waals surface area contributed by atoms with Crippen molar-refractivity contribution < 1.29 is 24.9 Å². The van der Waals surface area contributed by atoms with Gasteiger partial charge in [-0.15, -0.1) is 0 Å². The summed E-state index contributed by atoms with van der Waals surface area (Å²) in [6, 6.07) is 7.30. The van der Waals surface area contributed by atoms with E-state index in [2.05, 4.69) is 0 Å². The fourth-order valence-electron chi connectivity index (χ4n) is 2.57. The van der Waals surface area contributed by atoms with Crippen molar-refractivity contribution in [2.45, 2.75) is 13.0 Å². The molecule has 0 spiro atoms. The maximum Gasteiger partial charge on any atom is 0.177 e. The van der Waals surface area contributed by atoms with Crippen LogP contribution in [-0.4, -0.2) is 21.1 Å². The fourth-order valence-corrected chi connectivity index (χ4v) is 2.76. The van der Waals surface area contributed by atoms with Crippen LogP contribution < -0.4 is 4.74 Å². The van der Waals surface area contributed by atoms with Crippen molar-refractivity contribution in [3.8, 4) is 23.0 Å². The topological polar surface area (TPSA) is 87.0 Å². The summed E-state index contributed by atoms with van der Waals surface area (Å²) in [6.07, 6.45) is -0.626. The third kappa shape index (κ3) is 2.14. The van der Waals surface area contributed by atoms with Crippen LogP contribution in [0.5, 0.6) is 23.0 Å². The van der Waals surface area contributed by atoms with Gasteiger partial charge < -0.3 is 20.1 Å². The van der Waals surface area contributed by atoms with Gasteiger partial charge in [0.1, 0.15) is 33.9 Å². The Morgan fingerprint density at radius 1 is 1.09 bits per heavy atom. The largest absolute Gasteiger partial charge is 0.508 e. The van der Waals surface area contributed by atoms with E-state index in [9.17, 15) is 20.1 Å². The number of ether oxygens (including phenoxy) is 1. The molecular formula is C16H13ClO5. The molecule has 6 heteroatoms. The summed E-state index contributed by atoms with van der Waals surface area (Å²) in [5.41, 5.74) is 0.661. The number of aromatic hydroxyl groups is 3. The molecule has 0 aromatic heterocycles. The highest BCUT2D eigenvalue weighted by Crippen LogP contribution is 2.49. The van der Waals surface area contributed by atoms with Gasteiger partial charge in [0.15, 0.2) is 11.5 Å². The van der Waals surface area contributed by atoms with Gasteiger partial charge in [0, 0.05) is 6.07 Å². The molecule has 1 aliphatic rings. The maximum absolute atomic E-state index is 12.5. The van der Waals surface area contributed by atoms with Gasteiger partial charge in [0.05, 0.1) is 5.92 Å². The Balaban J connectivity index is 2.12. The van der Waals surface area contributed by atoms with Crippen LogP contribution in [0.25, 0.3) is 0 Å². The molecular weight excluding hydrogens is 308 g/mol. The van der Waals surface area contributed by atoms with E-state index in [1.165, 1.54) is 12.1 Å². The molecule has 2 aromatic carbocycles. The van der Waals surface area contributed by atoms with Crippen molar-refractivity contribution in [2.75, 3.05) is 0 Å². The molecule has 0 saturated heterocycles. The summed E-state index contributed by atoms with van der Waals surface area (Å²) in [4.78, 5) is 12.5. The molecule has 1 aliphatic heterocycles. The van der Waals surface area contributed by atoms with Crippen LogP contribution in [0.3, 0.4) is 0 Å². The fraction of sp³-hybridized carbons (Fsp3) is 0.188. The van der Waals surface area contributed by atoms with E-state index in [1.807, 2.05) is 0 Å². The first-order valence-corrected chi connectivity index (χ1v) is 7.02. The van der Waals surface area contributed by atoms with Crippen molar-refractivity contribution in [3.63, 3.8) is 0 Å². The van der Waals surface area contributed by atoms with Crippen molar-refractivity contribution in [3.05, 3.63) is 46.5 Å². The molecule has 0 saturated carbocycles. The molecule has 5 nitrogen and oxygen atoms in total. The number of fused-ring (bicyclic) bond motifs is 1. The highest BCUT2D eigenvalue weighted by molar-refractivity contribution is 6.34. The van der Waals surface area contributed by atoms with E-state index in [1.54, 1.807) is 19.1 Å². The molecule has 0 aliphatic carbocycles. The average molecular weight is 321 g/mol. The standard InChI is InChI=1S/C16H13ClO5/c1-7-14(21)12-10(19)6-11(20)13(17)16(12)22-15(7)8-2-4-9(18)5-3-8/h2-7,15,18-20H,1H3/t7-,15+/m0/s1. The van der Waals surface area contributed by atoms with Gasteiger partial charge in [0.25, 0.3) is 0 Å². The lowest BCUT2D eigenvalue weighted by atomic mass is 9.86. The predicted octanol–water partition coefficient (Wildman–Crippen LogP) is 3.41. The van der Waals surface area contributed by atoms with E-state index < -0.39 is 12.0 Å². The lowest BCUT2D eigenvalue weighted by Gasteiger charge is -2.31. The summed E-state index contributed by atoms with van der Waals surface area (Å²) in [5.74, 6) is -1.52. The lowest BCUT2D eigenvalue weighted by molar-refractivity contribution is 0.0684. The van der Waals surface area contributed by atoms with Crippen LogP contribution >= 0.6 is 11.6 Å². The number of benzene rings is 2. The number of carbonyl (C=O) groups is 1. The Kier molecular flexibility index (Phi) is 3.37. The molecule has 0 bridgehead atoms. The second-order valence-corrected chi connectivity index (χ2v) is 5.59. The third-order valence-electron chi connectivity index (χ3n) is 3.76. The van der Waals surface area contributed by atoms with Crippen LogP contribution in [0.2, 0.25) is 5.02 Å². The van der Waals surface area contributed by atoms with Crippen LogP contribution in [0.1, 0.15) is 28.9 Å². The SMILES string of the molecule is C[C@H]1C(=O)c2c(O)cc(O)c(Cl)c2O[C@H]1c1ccc(O)cc1. The third-order valence-corrected chi connectivity index (χ3v) is 4.13. The average Bonchev–Trinajstić information content (AvgIpc) is 2.48. The van der Waals surface area contributed by atoms with Crippen LogP contribution in [0.4, 0.5) is 0 Å². The van der Waals surface area contributed by atoms with E-state index in [0.29, 0.717) is 5.56 Å². The van der Waals surface area contributed by atoms with Crippen molar-refractivity contribution in [2.24, 2.45) is 5.92 Å². The summed E-state index contributed by atoms with van der Waals surface area (Å²) < 4.78 is 5.78. The molecule has 1 heterocycles. The van der Waals surface area contributed by atoms with Gasteiger partial charge in [-0.05, 0) is 17.7 Å². The number of phenolic OH excluding ortho intramolecular Hbond substituents is 3. The van der Waals surface area contributed by atoms with E-state index >= 15 is 0 Å². The molecule has 0 fully saturated rings. The number of ketones is 1. The highest BCUT2D eigenvalue weighted by atomic mass is 35.5. The number of rotatable bonds is 1. The zero-order chi connectivity index (χ0) is 16.0. The van der Waals surface area contributed by atoms with E-state index in [-0.39, 0.29) is 39.4 Å². The van der Waals surface area contributed by atoms with E-state index in [0.717, 1.165) is 6.07 Å². The Hall–Kier alpha value is -2.40. The van der Waals surface area contributed by atoms with Crippen LogP contribution in [0, 0.1) is 5.92 Å². The summed E-state index contributed by atoms with van der Waals surface area (Å²) in [6.45, 7) is 1.68. The van der Waals surface area contributed by atoms with Crippen LogP contribution in [0.15, 0.2) is 30.3 Å². The number of phenols is 3. The molecule has 2 atom stereocenters. The zero-order valence-corrected chi connectivity index (χ0v) is 12.3. The minimum absolute atomic E-state index is 0.0228. The van der Waals surface area contributed by atoms with Crippen molar-refractivity contribution in [1.29, 1.82) is 0 Å². The summed E-state index contributed by atoms with van der Waals surface area (Å²) in [5, 5.41) is 28.8. The normalized spacial score (nSPS) is 20.4. The Labute approximate surface area is 131 Å². The van der Waals surface area contributed by atoms with Gasteiger partial charge >= 0.3 is 0 Å². The van der Waals surface area contributed by atoms with Crippen molar-refractivity contribution >= 4 is 17.4 Å². The minimum Gasteiger partial charge on any atom is -0.508 e. The molecule has 3 N–H and O–H groups in total. The molecule has 3 rings (SSSR count).